The maximum absolute atomic E-state index is 3.15. The molecule has 2 aliphatic rings. The molecule has 52 valence electrons. The van der Waals surface area contributed by atoms with E-state index in [0.717, 1.165) is 5.92 Å². The van der Waals surface area contributed by atoms with Crippen LogP contribution in [0.3, 0.4) is 0 Å². The maximum Gasteiger partial charge on any atom is 0.0861 e. The van der Waals surface area contributed by atoms with Gasteiger partial charge in [-0.15, -0.1) is 0 Å². The lowest BCUT2D eigenvalue weighted by Crippen LogP contribution is -2.15. The van der Waals surface area contributed by atoms with Crippen LogP contribution in [0.1, 0.15) is 32.1 Å². The summed E-state index contributed by atoms with van der Waals surface area (Å²) in [5, 5.41) is 0. The summed E-state index contributed by atoms with van der Waals surface area (Å²) >= 11 is 0. The van der Waals surface area contributed by atoms with Crippen molar-refractivity contribution in [2.75, 3.05) is 0 Å². The molecule has 0 aromatic heterocycles. The first-order valence-electron chi connectivity index (χ1n) is 3.98. The molecule has 9 heavy (non-hydrogen) atoms. The van der Waals surface area contributed by atoms with Gasteiger partial charge in [-0.3, -0.25) is 0 Å². The second kappa shape index (κ2) is 2.27. The van der Waals surface area contributed by atoms with Gasteiger partial charge in [-0.1, -0.05) is 19.3 Å². The topological polar surface area (TPSA) is 43.9 Å². The molecule has 1 aliphatic heterocycles. The normalized spacial score (nSPS) is 30.7. The lowest BCUT2D eigenvalue weighted by Gasteiger charge is -2.18. The molecule has 0 atom stereocenters. The fourth-order valence-corrected chi connectivity index (χ4v) is 1.75. The molecule has 2 nitrogen and oxygen atoms in total. The van der Waals surface area contributed by atoms with Crippen molar-refractivity contribution in [1.29, 1.82) is 0 Å². The lowest BCUT2D eigenvalue weighted by atomic mass is 9.88. The Hall–Kier alpha value is -0.0800. The summed E-state index contributed by atoms with van der Waals surface area (Å²) in [7, 11) is 0. The number of rotatable bonds is 1. The Morgan fingerprint density at radius 1 is 0.889 bits per heavy atom. The molecule has 2 N–H and O–H groups in total. The zero-order chi connectivity index (χ0) is 6.10. The van der Waals surface area contributed by atoms with Crippen molar-refractivity contribution in [3.8, 4) is 0 Å². The van der Waals surface area contributed by atoms with Gasteiger partial charge in [-0.25, -0.2) is 10.9 Å². The highest BCUT2D eigenvalue weighted by atomic mass is 15.6. The van der Waals surface area contributed by atoms with Gasteiger partial charge in [-0.2, -0.15) is 0 Å². The Kier molecular flexibility index (Phi) is 1.44. The Morgan fingerprint density at radius 3 is 2.11 bits per heavy atom. The van der Waals surface area contributed by atoms with Crippen molar-refractivity contribution >= 4 is 0 Å². The van der Waals surface area contributed by atoms with Gasteiger partial charge < -0.3 is 0 Å². The Balaban J connectivity index is 1.80. The molecule has 0 aromatic carbocycles. The van der Waals surface area contributed by atoms with E-state index >= 15 is 0 Å². The molecule has 1 heterocycles. The first kappa shape index (κ1) is 5.69. The maximum atomic E-state index is 3.15. The van der Waals surface area contributed by atoms with Crippen molar-refractivity contribution in [1.82, 2.24) is 10.9 Å². The van der Waals surface area contributed by atoms with Crippen molar-refractivity contribution in [3.05, 3.63) is 0 Å². The van der Waals surface area contributed by atoms with Gasteiger partial charge in [0, 0.05) is 0 Å². The van der Waals surface area contributed by atoms with Crippen LogP contribution in [0.5, 0.6) is 0 Å². The van der Waals surface area contributed by atoms with Crippen molar-refractivity contribution < 1.29 is 0 Å². The highest BCUT2D eigenvalue weighted by Crippen LogP contribution is 2.27. The average Bonchev–Trinajstić information content (AvgIpc) is 2.71. The van der Waals surface area contributed by atoms with E-state index in [4.69, 9.17) is 0 Å². The van der Waals surface area contributed by atoms with Gasteiger partial charge in [0.05, 0.1) is 6.17 Å². The molecule has 0 unspecified atom stereocenters. The lowest BCUT2D eigenvalue weighted by molar-refractivity contribution is 0.348. The molecule has 2 fully saturated rings. The summed E-state index contributed by atoms with van der Waals surface area (Å²) in [4.78, 5) is 0. The number of hydrazine groups is 1. The smallest absolute Gasteiger partial charge is 0.0861 e. The van der Waals surface area contributed by atoms with Crippen molar-refractivity contribution in [3.63, 3.8) is 0 Å². The third-order valence-electron chi connectivity index (χ3n) is 2.43. The number of hydrogen-bond donors (Lipinski definition) is 2. The molecule has 1 saturated heterocycles. The molecular formula is C7H14N2. The summed E-state index contributed by atoms with van der Waals surface area (Å²) in [5.41, 5.74) is 6.31. The summed E-state index contributed by atoms with van der Waals surface area (Å²) in [6.45, 7) is 0. The monoisotopic (exact) mass is 126 g/mol. The summed E-state index contributed by atoms with van der Waals surface area (Å²) in [6, 6.07) is 0. The second-order valence-corrected chi connectivity index (χ2v) is 3.16. The van der Waals surface area contributed by atoms with E-state index < -0.39 is 0 Å². The standard InChI is InChI=1S/C7H14N2/c1-2-4-6(5-3-1)7-8-9-7/h6-9H,1-5H2. The van der Waals surface area contributed by atoms with E-state index in [2.05, 4.69) is 10.9 Å². The van der Waals surface area contributed by atoms with Crippen molar-refractivity contribution in [2.45, 2.75) is 38.3 Å². The van der Waals surface area contributed by atoms with Crippen LogP contribution >= 0.6 is 0 Å². The SMILES string of the molecule is C1CCC(C2NN2)CC1. The highest BCUT2D eigenvalue weighted by Gasteiger charge is 2.30. The van der Waals surface area contributed by atoms with E-state index in [9.17, 15) is 0 Å². The van der Waals surface area contributed by atoms with Gasteiger partial charge in [0.15, 0.2) is 0 Å². The van der Waals surface area contributed by atoms with E-state index in [0.29, 0.717) is 6.17 Å². The van der Waals surface area contributed by atoms with Crippen LogP contribution in [0, 0.1) is 5.92 Å². The summed E-state index contributed by atoms with van der Waals surface area (Å²) in [5.74, 6) is 0.943. The van der Waals surface area contributed by atoms with Gasteiger partial charge in [0.1, 0.15) is 0 Å². The summed E-state index contributed by atoms with van der Waals surface area (Å²) < 4.78 is 0. The predicted octanol–water partition coefficient (Wildman–Crippen LogP) is 1.00. The van der Waals surface area contributed by atoms with Crippen LogP contribution in [0.25, 0.3) is 0 Å². The van der Waals surface area contributed by atoms with Crippen LogP contribution in [0.15, 0.2) is 0 Å². The molecule has 0 radical (unpaired) electrons. The average molecular weight is 126 g/mol. The molecule has 0 amide bonds. The van der Waals surface area contributed by atoms with Crippen LogP contribution in [-0.2, 0) is 0 Å². The third-order valence-corrected chi connectivity index (χ3v) is 2.43. The minimum atomic E-state index is 0.685. The summed E-state index contributed by atoms with van der Waals surface area (Å²) in [6.07, 6.45) is 7.92. The Bertz CT molecular complexity index is 93.1. The quantitative estimate of drug-likeness (QED) is 0.515. The first-order valence-corrected chi connectivity index (χ1v) is 3.98. The van der Waals surface area contributed by atoms with Crippen molar-refractivity contribution in [2.24, 2.45) is 5.92 Å². The largest absolute Gasteiger partial charge is 0.238 e. The first-order chi connectivity index (χ1) is 4.47. The van der Waals surface area contributed by atoms with Crippen LogP contribution in [-0.4, -0.2) is 6.17 Å². The van der Waals surface area contributed by atoms with Gasteiger partial charge >= 0.3 is 0 Å². The van der Waals surface area contributed by atoms with Gasteiger partial charge in [-0.05, 0) is 18.8 Å². The van der Waals surface area contributed by atoms with Gasteiger partial charge in [0.25, 0.3) is 0 Å². The minimum absolute atomic E-state index is 0.685. The van der Waals surface area contributed by atoms with Gasteiger partial charge in [0.2, 0.25) is 0 Å². The van der Waals surface area contributed by atoms with Crippen LogP contribution in [0.4, 0.5) is 0 Å². The van der Waals surface area contributed by atoms with Crippen LogP contribution < -0.4 is 10.9 Å². The molecular weight excluding hydrogens is 112 g/mol. The molecule has 2 heteroatoms. The Labute approximate surface area is 56.0 Å². The van der Waals surface area contributed by atoms with E-state index in [1.54, 1.807) is 0 Å². The Morgan fingerprint density at radius 2 is 1.56 bits per heavy atom. The molecule has 1 aliphatic carbocycles. The molecule has 0 bridgehead atoms. The second-order valence-electron chi connectivity index (χ2n) is 3.16. The fraction of sp³-hybridized carbons (Fsp3) is 1.00. The van der Waals surface area contributed by atoms with Crippen LogP contribution in [0.2, 0.25) is 0 Å². The molecule has 0 aromatic rings. The molecule has 1 saturated carbocycles. The number of nitrogens with one attached hydrogen (secondary N) is 2. The fourth-order valence-electron chi connectivity index (χ4n) is 1.75. The zero-order valence-corrected chi connectivity index (χ0v) is 5.69. The predicted molar refractivity (Wildman–Crippen MR) is 36.6 cm³/mol. The minimum Gasteiger partial charge on any atom is -0.238 e. The highest BCUT2D eigenvalue weighted by molar-refractivity contribution is 4.82. The van der Waals surface area contributed by atoms with E-state index in [1.165, 1.54) is 32.1 Å². The number of hydrogen-bond acceptors (Lipinski definition) is 2. The van der Waals surface area contributed by atoms with E-state index in [1.807, 2.05) is 0 Å². The molecule has 0 spiro atoms. The zero-order valence-electron chi connectivity index (χ0n) is 5.69. The molecule has 2 rings (SSSR count). The third kappa shape index (κ3) is 1.25. The van der Waals surface area contributed by atoms with E-state index in [-0.39, 0.29) is 0 Å².